The molecular formula is C47H27N3O2. The van der Waals surface area contributed by atoms with Crippen LogP contribution < -0.4 is 0 Å². The molecule has 4 aromatic heterocycles. The fourth-order valence-corrected chi connectivity index (χ4v) is 8.44. The SMILES string of the molecule is c1ccc2cc(-c3cc4oc5ccccc5c4c4oc(-n5c6ccccc6c6cc(-n7c8ccccc8c8ccccc87)ccc65)nc34)ccc2c1. The number of hydrogen-bond donors (Lipinski definition) is 0. The Morgan fingerprint density at radius 2 is 1.04 bits per heavy atom. The molecule has 0 radical (unpaired) electrons. The highest BCUT2D eigenvalue weighted by atomic mass is 16.4. The molecule has 0 saturated carbocycles. The first-order chi connectivity index (χ1) is 25.8. The van der Waals surface area contributed by atoms with Gasteiger partial charge in [-0.05, 0) is 70.9 Å². The largest absolute Gasteiger partial charge is 0.456 e. The van der Waals surface area contributed by atoms with Crippen molar-refractivity contribution in [3.63, 3.8) is 0 Å². The van der Waals surface area contributed by atoms with Crippen molar-refractivity contribution in [1.29, 1.82) is 0 Å². The highest BCUT2D eigenvalue weighted by Gasteiger charge is 2.24. The molecular weight excluding hydrogens is 639 g/mol. The van der Waals surface area contributed by atoms with E-state index in [2.05, 4.69) is 155 Å². The zero-order valence-corrected chi connectivity index (χ0v) is 27.7. The minimum Gasteiger partial charge on any atom is -0.456 e. The minimum absolute atomic E-state index is 0.519. The summed E-state index contributed by atoms with van der Waals surface area (Å²) >= 11 is 0. The van der Waals surface area contributed by atoms with E-state index in [1.165, 1.54) is 32.6 Å². The van der Waals surface area contributed by atoms with Crippen LogP contribution in [-0.4, -0.2) is 14.1 Å². The fraction of sp³-hybridized carbons (Fsp3) is 0. The van der Waals surface area contributed by atoms with Crippen LogP contribution in [0.3, 0.4) is 0 Å². The number of oxazole rings is 1. The maximum atomic E-state index is 6.96. The van der Waals surface area contributed by atoms with Crippen molar-refractivity contribution < 1.29 is 8.83 Å². The van der Waals surface area contributed by atoms with E-state index in [1.807, 2.05) is 18.2 Å². The highest BCUT2D eigenvalue weighted by Crippen LogP contribution is 2.43. The predicted molar refractivity (Wildman–Crippen MR) is 213 cm³/mol. The van der Waals surface area contributed by atoms with Crippen LogP contribution in [0.2, 0.25) is 0 Å². The van der Waals surface area contributed by atoms with Gasteiger partial charge in [-0.15, -0.1) is 0 Å². The summed E-state index contributed by atoms with van der Waals surface area (Å²) in [4.78, 5) is 5.35. The Hall–Kier alpha value is -7.11. The standard InChI is InChI=1S/C47H27N3O2/c1-2-12-29-25-30(22-21-28(29)11-1)36-27-43-44(35-16-6-10-20-42(35)51-43)46-45(36)48-47(52-46)50-40-19-9-5-15-34(40)37-26-31(23-24-41(37)50)49-38-17-7-3-13-32(38)33-14-4-8-18-39(33)49/h1-27H. The lowest BCUT2D eigenvalue weighted by molar-refractivity contribution is 0.577. The third-order valence-corrected chi connectivity index (χ3v) is 10.7. The fourth-order valence-electron chi connectivity index (χ4n) is 8.44. The maximum absolute atomic E-state index is 6.96. The predicted octanol–water partition coefficient (Wildman–Crippen LogP) is 12.7. The number of hydrogen-bond acceptors (Lipinski definition) is 3. The van der Waals surface area contributed by atoms with Crippen molar-refractivity contribution in [2.45, 2.75) is 0 Å². The lowest BCUT2D eigenvalue weighted by atomic mass is 9.99. The number of nitrogens with zero attached hydrogens (tertiary/aromatic N) is 3. The van der Waals surface area contributed by atoms with E-state index in [0.29, 0.717) is 11.6 Å². The van der Waals surface area contributed by atoms with Gasteiger partial charge >= 0.3 is 6.01 Å². The van der Waals surface area contributed by atoms with E-state index in [1.54, 1.807) is 0 Å². The quantitative estimate of drug-likeness (QED) is 0.189. The third-order valence-electron chi connectivity index (χ3n) is 10.7. The molecule has 0 aliphatic carbocycles. The van der Waals surface area contributed by atoms with Crippen molar-refractivity contribution in [3.8, 4) is 22.8 Å². The Balaban J connectivity index is 1.15. The maximum Gasteiger partial charge on any atom is 0.307 e. The topological polar surface area (TPSA) is 49.0 Å². The third kappa shape index (κ3) is 3.74. The summed E-state index contributed by atoms with van der Waals surface area (Å²) < 4.78 is 18.0. The summed E-state index contributed by atoms with van der Waals surface area (Å²) in [5, 5.41) is 9.06. The molecule has 4 heterocycles. The molecule has 12 aromatic rings. The molecule has 0 aliphatic heterocycles. The molecule has 0 atom stereocenters. The van der Waals surface area contributed by atoms with Gasteiger partial charge in [0.05, 0.1) is 27.5 Å². The van der Waals surface area contributed by atoms with E-state index in [0.717, 1.165) is 66.1 Å². The molecule has 0 saturated heterocycles. The molecule has 0 amide bonds. The van der Waals surface area contributed by atoms with Crippen molar-refractivity contribution in [3.05, 3.63) is 164 Å². The summed E-state index contributed by atoms with van der Waals surface area (Å²) in [6.07, 6.45) is 0. The highest BCUT2D eigenvalue weighted by molar-refractivity contribution is 6.20. The molecule has 0 bridgehead atoms. The van der Waals surface area contributed by atoms with Crippen LogP contribution in [0.4, 0.5) is 0 Å². The van der Waals surface area contributed by atoms with Crippen LogP contribution in [-0.2, 0) is 0 Å². The van der Waals surface area contributed by atoms with Crippen molar-refractivity contribution in [1.82, 2.24) is 14.1 Å². The normalized spacial score (nSPS) is 12.2. The van der Waals surface area contributed by atoms with Crippen LogP contribution >= 0.6 is 0 Å². The van der Waals surface area contributed by atoms with Crippen molar-refractivity contribution >= 4 is 87.4 Å². The molecule has 5 heteroatoms. The smallest absolute Gasteiger partial charge is 0.307 e. The summed E-state index contributed by atoms with van der Waals surface area (Å²) in [5.74, 6) is 0. The monoisotopic (exact) mass is 665 g/mol. The van der Waals surface area contributed by atoms with E-state index in [9.17, 15) is 0 Å². The average molecular weight is 666 g/mol. The summed E-state index contributed by atoms with van der Waals surface area (Å²) in [6, 6.07) is 58.3. The Kier molecular flexibility index (Phi) is 5.44. The number of fused-ring (bicyclic) bond motifs is 12. The Morgan fingerprint density at radius 3 is 1.81 bits per heavy atom. The second-order valence-corrected chi connectivity index (χ2v) is 13.6. The van der Waals surface area contributed by atoms with Crippen LogP contribution in [0.25, 0.3) is 110 Å². The first-order valence-corrected chi connectivity index (χ1v) is 17.5. The number of para-hydroxylation sites is 4. The molecule has 12 rings (SSSR count). The Morgan fingerprint density at radius 1 is 0.423 bits per heavy atom. The second-order valence-electron chi connectivity index (χ2n) is 13.6. The minimum atomic E-state index is 0.519. The Labute approximate surface area is 296 Å². The number of aromatic nitrogens is 3. The van der Waals surface area contributed by atoms with Crippen LogP contribution in [0.15, 0.2) is 173 Å². The summed E-state index contributed by atoms with van der Waals surface area (Å²) in [6.45, 7) is 0. The van der Waals surface area contributed by atoms with E-state index < -0.39 is 0 Å². The zero-order valence-electron chi connectivity index (χ0n) is 27.7. The molecule has 52 heavy (non-hydrogen) atoms. The van der Waals surface area contributed by atoms with Crippen molar-refractivity contribution in [2.75, 3.05) is 0 Å². The zero-order chi connectivity index (χ0) is 33.9. The van der Waals surface area contributed by atoms with Gasteiger partial charge in [0.1, 0.15) is 16.7 Å². The van der Waals surface area contributed by atoms with E-state index in [-0.39, 0.29) is 0 Å². The molecule has 0 unspecified atom stereocenters. The van der Waals surface area contributed by atoms with Gasteiger partial charge in [-0.1, -0.05) is 109 Å². The molecule has 0 aliphatic rings. The number of benzene rings is 8. The average Bonchev–Trinajstić information content (AvgIpc) is 3.96. The summed E-state index contributed by atoms with van der Waals surface area (Å²) in [7, 11) is 0. The molecule has 0 fully saturated rings. The molecule has 8 aromatic carbocycles. The van der Waals surface area contributed by atoms with Gasteiger partial charge in [-0.25, -0.2) is 0 Å². The first kappa shape index (κ1) is 27.7. The molecule has 242 valence electrons. The molecule has 5 nitrogen and oxygen atoms in total. The number of rotatable bonds is 3. The first-order valence-electron chi connectivity index (χ1n) is 17.5. The lowest BCUT2D eigenvalue weighted by Crippen LogP contribution is -1.96. The van der Waals surface area contributed by atoms with Crippen LogP contribution in [0.1, 0.15) is 0 Å². The van der Waals surface area contributed by atoms with E-state index >= 15 is 0 Å². The van der Waals surface area contributed by atoms with Gasteiger partial charge in [-0.3, -0.25) is 4.57 Å². The van der Waals surface area contributed by atoms with Gasteiger partial charge in [-0.2, -0.15) is 4.98 Å². The van der Waals surface area contributed by atoms with Gasteiger partial charge in [0.25, 0.3) is 0 Å². The molecule has 0 N–H and O–H groups in total. The number of furan rings is 1. The van der Waals surface area contributed by atoms with Gasteiger partial charge < -0.3 is 13.4 Å². The summed E-state index contributed by atoms with van der Waals surface area (Å²) in [5.41, 5.74) is 10.7. The Bertz CT molecular complexity index is 3380. The molecule has 0 spiro atoms. The van der Waals surface area contributed by atoms with Gasteiger partial charge in [0, 0.05) is 38.2 Å². The van der Waals surface area contributed by atoms with Crippen LogP contribution in [0, 0.1) is 0 Å². The lowest BCUT2D eigenvalue weighted by Gasteiger charge is -2.09. The van der Waals surface area contributed by atoms with Crippen LogP contribution in [0.5, 0.6) is 0 Å². The van der Waals surface area contributed by atoms with E-state index in [4.69, 9.17) is 13.8 Å². The van der Waals surface area contributed by atoms with Gasteiger partial charge in [0.15, 0.2) is 5.58 Å². The van der Waals surface area contributed by atoms with Crippen molar-refractivity contribution in [2.24, 2.45) is 0 Å². The second kappa shape index (κ2) is 10.2. The van der Waals surface area contributed by atoms with Gasteiger partial charge in [0.2, 0.25) is 0 Å².